The first-order valence-corrected chi connectivity index (χ1v) is 6.29. The molecule has 2 N–H and O–H groups in total. The molecule has 1 atom stereocenters. The zero-order valence-corrected chi connectivity index (χ0v) is 11.2. The molecule has 0 amide bonds. The molecule has 0 radical (unpaired) electrons. The summed E-state index contributed by atoms with van der Waals surface area (Å²) in [5, 5.41) is 0. The van der Waals surface area contributed by atoms with Gasteiger partial charge in [-0.15, -0.1) is 0 Å². The van der Waals surface area contributed by atoms with Crippen molar-refractivity contribution in [3.63, 3.8) is 0 Å². The van der Waals surface area contributed by atoms with Crippen LogP contribution in [0.3, 0.4) is 0 Å². The van der Waals surface area contributed by atoms with Crippen molar-refractivity contribution < 1.29 is 14.2 Å². The molecule has 1 aromatic carbocycles. The van der Waals surface area contributed by atoms with Crippen LogP contribution in [0, 0.1) is 0 Å². The first-order chi connectivity index (χ1) is 8.74. The summed E-state index contributed by atoms with van der Waals surface area (Å²) in [6.45, 7) is 4.60. The number of hydrogen-bond donors (Lipinski definition) is 1. The number of rotatable bonds is 9. The topological polar surface area (TPSA) is 53.7 Å². The van der Waals surface area contributed by atoms with E-state index >= 15 is 0 Å². The van der Waals surface area contributed by atoms with Crippen LogP contribution >= 0.6 is 0 Å². The van der Waals surface area contributed by atoms with Crippen LogP contribution in [0.5, 0.6) is 5.75 Å². The molecule has 0 spiro atoms. The fraction of sp³-hybridized carbons (Fsp3) is 0.571. The number of benzene rings is 1. The highest BCUT2D eigenvalue weighted by atomic mass is 16.5. The quantitative estimate of drug-likeness (QED) is 0.685. The minimum Gasteiger partial charge on any atom is -0.494 e. The van der Waals surface area contributed by atoms with E-state index in [0.29, 0.717) is 26.4 Å². The number of nitrogens with two attached hydrogens (primary N) is 1. The van der Waals surface area contributed by atoms with E-state index in [-0.39, 0.29) is 6.04 Å². The second-order valence-electron chi connectivity index (χ2n) is 4.16. The molecule has 0 saturated heterocycles. The SMILES string of the molecule is COCCOCCCOc1ccc([C@H](C)N)cc1. The van der Waals surface area contributed by atoms with Crippen molar-refractivity contribution in [2.24, 2.45) is 5.73 Å². The Labute approximate surface area is 109 Å². The predicted octanol–water partition coefficient (Wildman–Crippen LogP) is 2.14. The predicted molar refractivity (Wildman–Crippen MR) is 71.9 cm³/mol. The molecule has 0 bridgehead atoms. The number of ether oxygens (including phenoxy) is 3. The molecule has 18 heavy (non-hydrogen) atoms. The first-order valence-electron chi connectivity index (χ1n) is 6.29. The standard InChI is InChI=1S/C14H23NO3/c1-12(15)13-4-6-14(7-5-13)18-9-3-8-17-11-10-16-2/h4-7,12H,3,8-11,15H2,1-2H3/t12-/m0/s1. The minimum absolute atomic E-state index is 0.0632. The lowest BCUT2D eigenvalue weighted by Crippen LogP contribution is -2.07. The van der Waals surface area contributed by atoms with E-state index < -0.39 is 0 Å². The lowest BCUT2D eigenvalue weighted by atomic mass is 10.1. The summed E-state index contributed by atoms with van der Waals surface area (Å²) in [6.07, 6.45) is 0.874. The summed E-state index contributed by atoms with van der Waals surface area (Å²) < 4.78 is 15.8. The Morgan fingerprint density at radius 3 is 2.39 bits per heavy atom. The van der Waals surface area contributed by atoms with Gasteiger partial charge in [0.25, 0.3) is 0 Å². The fourth-order valence-corrected chi connectivity index (χ4v) is 1.46. The van der Waals surface area contributed by atoms with Crippen molar-refractivity contribution in [3.05, 3.63) is 29.8 Å². The average molecular weight is 253 g/mol. The largest absolute Gasteiger partial charge is 0.494 e. The Hall–Kier alpha value is -1.10. The molecule has 4 nitrogen and oxygen atoms in total. The van der Waals surface area contributed by atoms with E-state index in [9.17, 15) is 0 Å². The van der Waals surface area contributed by atoms with Gasteiger partial charge in [0.2, 0.25) is 0 Å². The summed E-state index contributed by atoms with van der Waals surface area (Å²) in [5.74, 6) is 0.872. The van der Waals surface area contributed by atoms with Gasteiger partial charge in [0, 0.05) is 26.2 Å². The van der Waals surface area contributed by atoms with E-state index in [2.05, 4.69) is 0 Å². The van der Waals surface area contributed by atoms with Crippen molar-refractivity contribution >= 4 is 0 Å². The second kappa shape index (κ2) is 8.91. The smallest absolute Gasteiger partial charge is 0.119 e. The Morgan fingerprint density at radius 2 is 1.78 bits per heavy atom. The molecule has 0 aromatic heterocycles. The van der Waals surface area contributed by atoms with Crippen molar-refractivity contribution in [2.75, 3.05) is 33.5 Å². The number of methoxy groups -OCH3 is 1. The van der Waals surface area contributed by atoms with Crippen molar-refractivity contribution in [1.82, 2.24) is 0 Å². The molecule has 0 aliphatic heterocycles. The summed E-state index contributed by atoms with van der Waals surface area (Å²) in [5.41, 5.74) is 6.89. The maximum Gasteiger partial charge on any atom is 0.119 e. The summed E-state index contributed by atoms with van der Waals surface area (Å²) in [4.78, 5) is 0. The van der Waals surface area contributed by atoms with Gasteiger partial charge in [0.15, 0.2) is 0 Å². The number of hydrogen-bond acceptors (Lipinski definition) is 4. The highest BCUT2D eigenvalue weighted by molar-refractivity contribution is 5.28. The van der Waals surface area contributed by atoms with Crippen molar-refractivity contribution in [3.8, 4) is 5.75 Å². The first kappa shape index (κ1) is 15.0. The van der Waals surface area contributed by atoms with Crippen LogP contribution in [0.25, 0.3) is 0 Å². The lowest BCUT2D eigenvalue weighted by Gasteiger charge is -2.09. The minimum atomic E-state index is 0.0632. The highest BCUT2D eigenvalue weighted by Gasteiger charge is 1.99. The van der Waals surface area contributed by atoms with Gasteiger partial charge in [-0.25, -0.2) is 0 Å². The van der Waals surface area contributed by atoms with Crippen LogP contribution in [0.1, 0.15) is 24.9 Å². The van der Waals surface area contributed by atoms with Crippen LogP contribution in [-0.4, -0.2) is 33.5 Å². The van der Waals surface area contributed by atoms with Crippen LogP contribution in [-0.2, 0) is 9.47 Å². The third kappa shape index (κ3) is 6.00. The Balaban J connectivity index is 2.12. The molecule has 4 heteroatoms. The third-order valence-corrected chi connectivity index (χ3v) is 2.54. The van der Waals surface area contributed by atoms with Gasteiger partial charge in [-0.2, -0.15) is 0 Å². The van der Waals surface area contributed by atoms with Gasteiger partial charge >= 0.3 is 0 Å². The molecule has 0 fully saturated rings. The molecule has 0 unspecified atom stereocenters. The van der Waals surface area contributed by atoms with Crippen LogP contribution in [0.2, 0.25) is 0 Å². The normalized spacial score (nSPS) is 12.4. The maximum atomic E-state index is 5.78. The van der Waals surface area contributed by atoms with Crippen molar-refractivity contribution in [1.29, 1.82) is 0 Å². The van der Waals surface area contributed by atoms with Crippen LogP contribution < -0.4 is 10.5 Å². The zero-order valence-electron chi connectivity index (χ0n) is 11.2. The van der Waals surface area contributed by atoms with Gasteiger partial charge in [-0.1, -0.05) is 12.1 Å². The molecular weight excluding hydrogens is 230 g/mol. The summed E-state index contributed by atoms with van der Waals surface area (Å²) in [7, 11) is 1.67. The fourth-order valence-electron chi connectivity index (χ4n) is 1.46. The molecule has 1 aromatic rings. The second-order valence-corrected chi connectivity index (χ2v) is 4.16. The van der Waals surface area contributed by atoms with E-state index in [1.54, 1.807) is 7.11 Å². The van der Waals surface area contributed by atoms with Gasteiger partial charge < -0.3 is 19.9 Å². The summed E-state index contributed by atoms with van der Waals surface area (Å²) in [6, 6.07) is 7.95. The van der Waals surface area contributed by atoms with Crippen LogP contribution in [0.15, 0.2) is 24.3 Å². The molecule has 0 aliphatic carbocycles. The van der Waals surface area contributed by atoms with E-state index in [0.717, 1.165) is 17.7 Å². The van der Waals surface area contributed by atoms with Gasteiger partial charge in [-0.05, 0) is 24.6 Å². The van der Waals surface area contributed by atoms with E-state index in [1.807, 2.05) is 31.2 Å². The molecule has 1 rings (SSSR count). The Bertz CT molecular complexity index is 311. The molecule has 0 heterocycles. The summed E-state index contributed by atoms with van der Waals surface area (Å²) >= 11 is 0. The van der Waals surface area contributed by atoms with E-state index in [1.165, 1.54) is 0 Å². The Morgan fingerprint density at radius 1 is 1.06 bits per heavy atom. The lowest BCUT2D eigenvalue weighted by molar-refractivity contribution is 0.0644. The van der Waals surface area contributed by atoms with E-state index in [4.69, 9.17) is 19.9 Å². The van der Waals surface area contributed by atoms with Gasteiger partial charge in [0.05, 0.1) is 19.8 Å². The average Bonchev–Trinajstić information content (AvgIpc) is 2.38. The molecule has 0 aliphatic rings. The maximum absolute atomic E-state index is 5.78. The third-order valence-electron chi connectivity index (χ3n) is 2.54. The Kier molecular flexibility index (Phi) is 7.41. The molecular formula is C14H23NO3. The van der Waals surface area contributed by atoms with Crippen LogP contribution in [0.4, 0.5) is 0 Å². The zero-order chi connectivity index (χ0) is 13.2. The molecule has 0 saturated carbocycles. The molecule has 102 valence electrons. The van der Waals surface area contributed by atoms with Gasteiger partial charge in [-0.3, -0.25) is 0 Å². The van der Waals surface area contributed by atoms with Gasteiger partial charge in [0.1, 0.15) is 5.75 Å². The highest BCUT2D eigenvalue weighted by Crippen LogP contribution is 2.16. The van der Waals surface area contributed by atoms with Crippen molar-refractivity contribution in [2.45, 2.75) is 19.4 Å². The monoisotopic (exact) mass is 253 g/mol.